The van der Waals surface area contributed by atoms with Crippen LogP contribution in [0.5, 0.6) is 0 Å². The molecule has 7 nitrogen and oxygen atoms in total. The molecule has 11 heteroatoms. The van der Waals surface area contributed by atoms with Crippen molar-refractivity contribution >= 4 is 69.1 Å². The summed E-state index contributed by atoms with van der Waals surface area (Å²) < 4.78 is 1.56. The molecule has 0 fully saturated rings. The Bertz CT molecular complexity index is 1270. The van der Waals surface area contributed by atoms with Crippen LogP contribution >= 0.6 is 46.6 Å². The van der Waals surface area contributed by atoms with E-state index in [2.05, 4.69) is 25.8 Å². The highest BCUT2D eigenvalue weighted by molar-refractivity contribution is 7.99. The molecule has 0 saturated heterocycles. The Kier molecular flexibility index (Phi) is 5.84. The van der Waals surface area contributed by atoms with Crippen LogP contribution in [-0.4, -0.2) is 31.1 Å². The Morgan fingerprint density at radius 1 is 1.10 bits per heavy atom. The van der Waals surface area contributed by atoms with Crippen LogP contribution in [-0.2, 0) is 7.05 Å². The molecule has 152 valence electrons. The van der Waals surface area contributed by atoms with Crippen molar-refractivity contribution < 1.29 is 4.79 Å². The first kappa shape index (κ1) is 20.9. The third kappa shape index (κ3) is 3.83. The number of hydrogen-bond donors (Lipinski definition) is 1. The lowest BCUT2D eigenvalue weighted by Crippen LogP contribution is -2.13. The number of carbonyl (C=O) groups is 1. The van der Waals surface area contributed by atoms with Crippen LogP contribution in [0, 0.1) is 6.92 Å². The number of anilines is 1. The quantitative estimate of drug-likeness (QED) is 0.420. The minimum Gasteiger partial charge on any atom is -0.320 e. The lowest BCUT2D eigenvalue weighted by molar-refractivity contribution is 0.102. The van der Waals surface area contributed by atoms with E-state index in [1.54, 1.807) is 48.3 Å². The number of hydrogen-bond acceptors (Lipinski definition) is 6. The maximum Gasteiger partial charge on any atom is 0.258 e. The molecule has 0 spiro atoms. The fraction of sp³-hybridized carbons (Fsp3) is 0.105. The van der Waals surface area contributed by atoms with Gasteiger partial charge in [-0.05, 0) is 58.9 Å². The molecule has 4 aromatic rings. The molecule has 0 bridgehead atoms. The van der Waals surface area contributed by atoms with E-state index in [1.807, 2.05) is 6.92 Å². The van der Waals surface area contributed by atoms with Gasteiger partial charge in [0.2, 0.25) is 5.16 Å². The highest BCUT2D eigenvalue weighted by Crippen LogP contribution is 2.40. The molecule has 1 N–H and O–H groups in total. The maximum atomic E-state index is 12.9. The summed E-state index contributed by atoms with van der Waals surface area (Å²) in [6, 6.07) is 8.28. The fourth-order valence-corrected chi connectivity index (χ4v) is 4.69. The van der Waals surface area contributed by atoms with Crippen molar-refractivity contribution in [3.8, 4) is 0 Å². The first-order valence-electron chi connectivity index (χ1n) is 8.60. The Morgan fingerprint density at radius 2 is 1.83 bits per heavy atom. The fourth-order valence-electron chi connectivity index (χ4n) is 2.86. The van der Waals surface area contributed by atoms with Crippen LogP contribution in [0.2, 0.25) is 15.1 Å². The maximum absolute atomic E-state index is 12.9. The summed E-state index contributed by atoms with van der Waals surface area (Å²) >= 11 is 20.2. The second-order valence-corrected chi connectivity index (χ2v) is 8.53. The van der Waals surface area contributed by atoms with Crippen LogP contribution in [0.3, 0.4) is 0 Å². The lowest BCUT2D eigenvalue weighted by atomic mass is 10.1. The van der Waals surface area contributed by atoms with E-state index in [1.165, 1.54) is 11.8 Å². The zero-order chi connectivity index (χ0) is 21.4. The SMILES string of the molecule is Cc1cnc2c(NC(=O)c3c(Cl)cccc3Cl)ccc(Cl)c2c1Sc1nnnn1C. The van der Waals surface area contributed by atoms with Crippen molar-refractivity contribution in [3.05, 3.63) is 62.7 Å². The highest BCUT2D eigenvalue weighted by atomic mass is 35.5. The van der Waals surface area contributed by atoms with E-state index in [0.717, 1.165) is 10.5 Å². The number of benzene rings is 2. The Morgan fingerprint density at radius 3 is 2.50 bits per heavy atom. The number of aromatic nitrogens is 5. The van der Waals surface area contributed by atoms with Crippen LogP contribution in [0.15, 0.2) is 46.6 Å². The minimum atomic E-state index is -0.441. The number of pyridine rings is 1. The Balaban J connectivity index is 1.81. The molecule has 0 aliphatic heterocycles. The topological polar surface area (TPSA) is 85.6 Å². The van der Waals surface area contributed by atoms with Crippen molar-refractivity contribution in [2.75, 3.05) is 5.32 Å². The van der Waals surface area contributed by atoms with Gasteiger partial charge in [0.1, 0.15) is 0 Å². The third-order valence-corrected chi connectivity index (χ3v) is 6.52. The van der Waals surface area contributed by atoms with E-state index < -0.39 is 5.91 Å². The van der Waals surface area contributed by atoms with Crippen molar-refractivity contribution in [1.29, 1.82) is 0 Å². The van der Waals surface area contributed by atoms with Gasteiger partial charge in [0, 0.05) is 23.5 Å². The van der Waals surface area contributed by atoms with Crippen molar-refractivity contribution in [2.24, 2.45) is 7.05 Å². The van der Waals surface area contributed by atoms with Gasteiger partial charge >= 0.3 is 0 Å². The zero-order valence-corrected chi connectivity index (χ0v) is 18.7. The zero-order valence-electron chi connectivity index (χ0n) is 15.7. The van der Waals surface area contributed by atoms with Gasteiger partial charge in [0.15, 0.2) is 0 Å². The molecule has 1 amide bonds. The van der Waals surface area contributed by atoms with Gasteiger partial charge in [-0.3, -0.25) is 9.78 Å². The van der Waals surface area contributed by atoms with E-state index in [9.17, 15) is 4.79 Å². The number of nitrogens with one attached hydrogen (secondary N) is 1. The first-order chi connectivity index (χ1) is 14.4. The predicted octanol–water partition coefficient (Wildman–Crippen LogP) is 5.43. The summed E-state index contributed by atoms with van der Waals surface area (Å²) in [7, 11) is 1.75. The van der Waals surface area contributed by atoms with Crippen molar-refractivity contribution in [2.45, 2.75) is 17.0 Å². The van der Waals surface area contributed by atoms with Gasteiger partial charge in [0.05, 0.1) is 31.8 Å². The predicted molar refractivity (Wildman–Crippen MR) is 119 cm³/mol. The second kappa shape index (κ2) is 8.39. The van der Waals surface area contributed by atoms with E-state index in [-0.39, 0.29) is 15.6 Å². The van der Waals surface area contributed by atoms with Crippen molar-refractivity contribution in [1.82, 2.24) is 25.2 Å². The summed E-state index contributed by atoms with van der Waals surface area (Å²) in [6.07, 6.45) is 1.71. The number of fused-ring (bicyclic) bond motifs is 1. The van der Waals surface area contributed by atoms with E-state index in [4.69, 9.17) is 34.8 Å². The number of tetrazole rings is 1. The molecule has 0 saturated carbocycles. The summed E-state index contributed by atoms with van der Waals surface area (Å²) in [6.45, 7) is 1.92. The number of rotatable bonds is 4. The van der Waals surface area contributed by atoms with Gasteiger partial charge < -0.3 is 5.32 Å². The molecule has 2 aromatic carbocycles. The molecule has 30 heavy (non-hydrogen) atoms. The Hall–Kier alpha value is -2.39. The summed E-state index contributed by atoms with van der Waals surface area (Å²) in [5.41, 5.74) is 2.10. The van der Waals surface area contributed by atoms with Gasteiger partial charge in [-0.25, -0.2) is 4.68 Å². The molecule has 0 unspecified atom stereocenters. The smallest absolute Gasteiger partial charge is 0.258 e. The number of aryl methyl sites for hydroxylation is 2. The van der Waals surface area contributed by atoms with Gasteiger partial charge in [-0.15, -0.1) is 5.10 Å². The second-order valence-electron chi connectivity index (χ2n) is 6.33. The summed E-state index contributed by atoms with van der Waals surface area (Å²) in [4.78, 5) is 18.2. The highest BCUT2D eigenvalue weighted by Gasteiger charge is 2.20. The van der Waals surface area contributed by atoms with Gasteiger partial charge in [-0.2, -0.15) is 0 Å². The molecule has 0 atom stereocenters. The summed E-state index contributed by atoms with van der Waals surface area (Å²) in [5.74, 6) is -0.441. The van der Waals surface area contributed by atoms with Crippen LogP contribution in [0.25, 0.3) is 10.9 Å². The summed E-state index contributed by atoms with van der Waals surface area (Å²) in [5, 5.41) is 16.7. The monoisotopic (exact) mass is 478 g/mol. The van der Waals surface area contributed by atoms with E-state index in [0.29, 0.717) is 26.8 Å². The molecule has 2 heterocycles. The van der Waals surface area contributed by atoms with E-state index >= 15 is 0 Å². The molecular formula is C19H13Cl3N6OS. The standard InChI is InChI=1S/C19H13Cl3N6OS/c1-9-8-23-16-13(24-18(29)14-10(20)4-3-5-11(14)21)7-6-12(22)15(16)17(9)30-19-25-26-27-28(19)2/h3-8H,1-2H3,(H,24,29). The van der Waals surface area contributed by atoms with Crippen LogP contribution in [0.1, 0.15) is 15.9 Å². The molecule has 0 aliphatic carbocycles. The molecule has 2 aromatic heterocycles. The average molecular weight is 480 g/mol. The third-order valence-electron chi connectivity index (χ3n) is 4.31. The van der Waals surface area contributed by atoms with Crippen LogP contribution in [0.4, 0.5) is 5.69 Å². The number of carbonyl (C=O) groups excluding carboxylic acids is 1. The Labute approximate surface area is 190 Å². The van der Waals surface area contributed by atoms with Crippen LogP contribution < -0.4 is 5.32 Å². The normalized spacial score (nSPS) is 11.1. The molecule has 4 rings (SSSR count). The van der Waals surface area contributed by atoms with Gasteiger partial charge in [0.25, 0.3) is 5.91 Å². The molecular weight excluding hydrogens is 467 g/mol. The van der Waals surface area contributed by atoms with Crippen molar-refractivity contribution in [3.63, 3.8) is 0 Å². The number of nitrogens with zero attached hydrogens (tertiary/aromatic N) is 5. The number of amides is 1. The van der Waals surface area contributed by atoms with Gasteiger partial charge in [-0.1, -0.05) is 40.9 Å². The number of halogens is 3. The average Bonchev–Trinajstić information content (AvgIpc) is 3.10. The largest absolute Gasteiger partial charge is 0.320 e. The first-order valence-corrected chi connectivity index (χ1v) is 10.5. The lowest BCUT2D eigenvalue weighted by Gasteiger charge is -2.14. The minimum absolute atomic E-state index is 0.191. The molecule has 0 radical (unpaired) electrons. The molecule has 0 aliphatic rings.